The minimum Gasteiger partial charge on any atom is -0.444 e. The summed E-state index contributed by atoms with van der Waals surface area (Å²) in [6.07, 6.45) is 6.09. The summed E-state index contributed by atoms with van der Waals surface area (Å²) in [4.78, 5) is 14.7. The Kier molecular flexibility index (Phi) is 3.58. The fraction of sp³-hybridized carbons (Fsp3) is 0.833. The van der Waals surface area contributed by atoms with Gasteiger partial charge in [0, 0.05) is 12.6 Å². The normalized spacial score (nSPS) is 38.8. The first-order chi connectivity index (χ1) is 9.74. The predicted octanol–water partition coefficient (Wildman–Crippen LogP) is 4.23. The number of amides is 1. The van der Waals surface area contributed by atoms with Gasteiger partial charge in [0.15, 0.2) is 0 Å². The van der Waals surface area contributed by atoms with Crippen LogP contribution in [-0.4, -0.2) is 29.2 Å². The molecule has 3 aliphatic rings. The molecule has 0 radical (unpaired) electrons. The number of fused-ring (bicyclic) bond motifs is 1. The molecule has 2 bridgehead atoms. The lowest BCUT2D eigenvalue weighted by Crippen LogP contribution is -2.58. The second-order valence-electron chi connectivity index (χ2n) is 8.45. The quantitative estimate of drug-likeness (QED) is 0.625. The van der Waals surface area contributed by atoms with E-state index in [-0.39, 0.29) is 6.09 Å². The summed E-state index contributed by atoms with van der Waals surface area (Å²) in [5.41, 5.74) is 1.08. The monoisotopic (exact) mass is 291 g/mol. The van der Waals surface area contributed by atoms with E-state index in [1.165, 1.54) is 18.4 Å². The number of rotatable bonds is 0. The summed E-state index contributed by atoms with van der Waals surface area (Å²) in [6.45, 7) is 11.3. The molecule has 0 N–H and O–H groups in total. The van der Waals surface area contributed by atoms with Crippen LogP contribution >= 0.6 is 0 Å². The molecule has 0 aromatic carbocycles. The van der Waals surface area contributed by atoms with Crippen molar-refractivity contribution in [1.29, 1.82) is 0 Å². The number of hydrogen-bond acceptors (Lipinski definition) is 2. The van der Waals surface area contributed by atoms with Crippen LogP contribution in [0.2, 0.25) is 0 Å². The van der Waals surface area contributed by atoms with Crippen LogP contribution < -0.4 is 0 Å². The highest BCUT2D eigenvalue weighted by Crippen LogP contribution is 2.49. The maximum Gasteiger partial charge on any atom is 0.410 e. The molecule has 0 spiro atoms. The van der Waals surface area contributed by atoms with E-state index in [2.05, 4.69) is 24.8 Å². The molecule has 1 saturated heterocycles. The average molecular weight is 291 g/mol. The molecular formula is C18H29NO2. The molecule has 0 aromatic rings. The molecule has 21 heavy (non-hydrogen) atoms. The van der Waals surface area contributed by atoms with E-state index < -0.39 is 5.60 Å². The van der Waals surface area contributed by atoms with Crippen LogP contribution in [0, 0.1) is 23.7 Å². The summed E-state index contributed by atoms with van der Waals surface area (Å²) < 4.78 is 5.67. The van der Waals surface area contributed by atoms with Gasteiger partial charge in [0.25, 0.3) is 0 Å². The number of allylic oxidation sites excluding steroid dienone is 1. The fourth-order valence-electron chi connectivity index (χ4n) is 4.60. The molecule has 1 heterocycles. The zero-order chi connectivity index (χ0) is 15.4. The van der Waals surface area contributed by atoms with Gasteiger partial charge < -0.3 is 9.64 Å². The van der Waals surface area contributed by atoms with Crippen LogP contribution in [0.4, 0.5) is 4.79 Å². The van der Waals surface area contributed by atoms with Crippen molar-refractivity contribution in [2.24, 2.45) is 23.7 Å². The first-order valence-electron chi connectivity index (χ1n) is 8.42. The molecular weight excluding hydrogens is 262 g/mol. The Morgan fingerprint density at radius 3 is 2.67 bits per heavy atom. The molecule has 3 rings (SSSR count). The van der Waals surface area contributed by atoms with Gasteiger partial charge in [-0.25, -0.2) is 4.79 Å². The fourth-order valence-corrected chi connectivity index (χ4v) is 4.60. The van der Waals surface area contributed by atoms with Gasteiger partial charge in [-0.15, -0.1) is 0 Å². The van der Waals surface area contributed by atoms with Crippen molar-refractivity contribution in [3.8, 4) is 0 Å². The number of nitrogens with zero attached hydrogens (tertiary/aromatic N) is 1. The largest absolute Gasteiger partial charge is 0.444 e. The third kappa shape index (κ3) is 2.84. The second-order valence-corrected chi connectivity index (χ2v) is 8.45. The Hall–Kier alpha value is -0.990. The third-order valence-electron chi connectivity index (χ3n) is 5.49. The smallest absolute Gasteiger partial charge is 0.410 e. The topological polar surface area (TPSA) is 29.5 Å². The SMILES string of the molecule is CC1=C[C@@H]2C[C@@H](C)C[C@H]3[C@@H]2C[C@@H]1CN3C(=O)OC(C)(C)C. The maximum atomic E-state index is 12.6. The number of ether oxygens (including phenoxy) is 1. The van der Waals surface area contributed by atoms with E-state index in [1.54, 1.807) is 0 Å². The standard InChI is InChI=1S/C18H29NO2/c1-11-6-13-8-12(2)14-9-15(13)16(7-11)19(10-14)17(20)21-18(3,4)5/h8,11,13-16H,6-7,9-10H2,1-5H3/t11-,13+,14-,15-,16+/m1/s1. The molecule has 0 aromatic heterocycles. The molecule has 1 amide bonds. The predicted molar refractivity (Wildman–Crippen MR) is 84.0 cm³/mol. The van der Waals surface area contributed by atoms with Crippen molar-refractivity contribution < 1.29 is 9.53 Å². The van der Waals surface area contributed by atoms with E-state index in [9.17, 15) is 4.79 Å². The Morgan fingerprint density at radius 2 is 2.00 bits per heavy atom. The summed E-state index contributed by atoms with van der Waals surface area (Å²) in [7, 11) is 0. The zero-order valence-electron chi connectivity index (χ0n) is 14.1. The minimum atomic E-state index is -0.409. The average Bonchev–Trinajstić information content (AvgIpc) is 2.34. The number of hydrogen-bond donors (Lipinski definition) is 0. The number of carbonyl (C=O) groups is 1. The molecule has 3 nitrogen and oxygen atoms in total. The summed E-state index contributed by atoms with van der Waals surface area (Å²) in [5.74, 6) is 2.56. The van der Waals surface area contributed by atoms with E-state index in [4.69, 9.17) is 4.74 Å². The van der Waals surface area contributed by atoms with E-state index in [0.29, 0.717) is 29.7 Å². The van der Waals surface area contributed by atoms with Gasteiger partial charge in [-0.05, 0) is 70.6 Å². The van der Waals surface area contributed by atoms with Crippen molar-refractivity contribution in [1.82, 2.24) is 4.90 Å². The van der Waals surface area contributed by atoms with E-state index >= 15 is 0 Å². The van der Waals surface area contributed by atoms with Crippen molar-refractivity contribution in [2.45, 2.75) is 65.5 Å². The molecule has 0 unspecified atom stereocenters. The van der Waals surface area contributed by atoms with Crippen LogP contribution in [0.25, 0.3) is 0 Å². The van der Waals surface area contributed by atoms with Crippen molar-refractivity contribution >= 4 is 6.09 Å². The highest BCUT2D eigenvalue weighted by Gasteiger charge is 2.48. The maximum absolute atomic E-state index is 12.6. The molecule has 118 valence electrons. The van der Waals surface area contributed by atoms with Crippen LogP contribution in [0.3, 0.4) is 0 Å². The van der Waals surface area contributed by atoms with Crippen molar-refractivity contribution in [3.63, 3.8) is 0 Å². The van der Waals surface area contributed by atoms with Crippen LogP contribution in [0.15, 0.2) is 11.6 Å². The van der Waals surface area contributed by atoms with Gasteiger partial charge in [0.2, 0.25) is 0 Å². The highest BCUT2D eigenvalue weighted by molar-refractivity contribution is 5.69. The van der Waals surface area contributed by atoms with Gasteiger partial charge in [-0.3, -0.25) is 0 Å². The molecule has 2 fully saturated rings. The Morgan fingerprint density at radius 1 is 1.29 bits per heavy atom. The first kappa shape index (κ1) is 14.9. The number of piperidine rings is 1. The van der Waals surface area contributed by atoms with E-state index in [0.717, 1.165) is 13.0 Å². The molecule has 1 aliphatic heterocycles. The van der Waals surface area contributed by atoms with Crippen LogP contribution in [0.5, 0.6) is 0 Å². The van der Waals surface area contributed by atoms with Gasteiger partial charge in [0.1, 0.15) is 5.60 Å². The lowest BCUT2D eigenvalue weighted by Gasteiger charge is -2.53. The van der Waals surface area contributed by atoms with Gasteiger partial charge in [-0.1, -0.05) is 18.6 Å². The summed E-state index contributed by atoms with van der Waals surface area (Å²) in [5, 5.41) is 0. The second kappa shape index (κ2) is 5.03. The van der Waals surface area contributed by atoms with Crippen molar-refractivity contribution in [2.75, 3.05) is 6.54 Å². The first-order valence-corrected chi connectivity index (χ1v) is 8.42. The van der Waals surface area contributed by atoms with Gasteiger partial charge >= 0.3 is 6.09 Å². The van der Waals surface area contributed by atoms with Crippen LogP contribution in [-0.2, 0) is 4.74 Å². The number of likely N-dealkylation sites (tertiary alicyclic amines) is 1. The Labute approximate surface area is 128 Å². The summed E-state index contributed by atoms with van der Waals surface area (Å²) in [6, 6.07) is 0.384. The van der Waals surface area contributed by atoms with Crippen LogP contribution in [0.1, 0.15) is 53.9 Å². The number of carbonyl (C=O) groups excluding carboxylic acids is 1. The van der Waals surface area contributed by atoms with E-state index in [1.807, 2.05) is 20.8 Å². The van der Waals surface area contributed by atoms with Crippen molar-refractivity contribution in [3.05, 3.63) is 11.6 Å². The van der Waals surface area contributed by atoms with Gasteiger partial charge in [0.05, 0.1) is 0 Å². The molecule has 5 atom stereocenters. The third-order valence-corrected chi connectivity index (χ3v) is 5.49. The Bertz CT molecular complexity index is 462. The highest BCUT2D eigenvalue weighted by atomic mass is 16.6. The molecule has 1 saturated carbocycles. The lowest BCUT2D eigenvalue weighted by atomic mass is 9.61. The minimum absolute atomic E-state index is 0.107. The Balaban J connectivity index is 1.86. The lowest BCUT2D eigenvalue weighted by molar-refractivity contribution is -0.0337. The zero-order valence-corrected chi connectivity index (χ0v) is 14.1. The van der Waals surface area contributed by atoms with Gasteiger partial charge in [-0.2, -0.15) is 0 Å². The molecule has 3 heteroatoms. The molecule has 2 aliphatic carbocycles. The summed E-state index contributed by atoms with van der Waals surface area (Å²) >= 11 is 0.